The van der Waals surface area contributed by atoms with Crippen molar-refractivity contribution in [1.29, 1.82) is 0 Å². The van der Waals surface area contributed by atoms with Crippen LogP contribution in [0.2, 0.25) is 0 Å². The number of hydrogen-bond acceptors (Lipinski definition) is 2. The molecular weight excluding hydrogens is 185 g/mol. The Kier molecular flexibility index (Phi) is 2.55. The standard InChI is InChI=1S/C10H12FNO2/c1-6-4-5-7(10(2,3)11)12-8(6)9(13)14/h4-5H,1-3H3,(H,13,14). The van der Waals surface area contributed by atoms with Crippen LogP contribution in [0.5, 0.6) is 0 Å². The maximum absolute atomic E-state index is 13.4. The second-order valence-electron chi connectivity index (χ2n) is 3.64. The van der Waals surface area contributed by atoms with Gasteiger partial charge in [-0.2, -0.15) is 0 Å². The quantitative estimate of drug-likeness (QED) is 0.791. The summed E-state index contributed by atoms with van der Waals surface area (Å²) in [6.07, 6.45) is 0. The largest absolute Gasteiger partial charge is 0.477 e. The van der Waals surface area contributed by atoms with Crippen LogP contribution >= 0.6 is 0 Å². The summed E-state index contributed by atoms with van der Waals surface area (Å²) in [5, 5.41) is 8.77. The van der Waals surface area contributed by atoms with E-state index in [1.54, 1.807) is 13.0 Å². The molecular formula is C10H12FNO2. The Bertz CT molecular complexity index is 369. The minimum Gasteiger partial charge on any atom is -0.477 e. The number of carboxylic acids is 1. The fraction of sp³-hybridized carbons (Fsp3) is 0.400. The number of aromatic carboxylic acids is 1. The molecule has 0 aliphatic rings. The van der Waals surface area contributed by atoms with Crippen molar-refractivity contribution in [1.82, 2.24) is 4.98 Å². The molecule has 4 heteroatoms. The SMILES string of the molecule is Cc1ccc(C(C)(C)F)nc1C(=O)O. The molecule has 0 fully saturated rings. The number of carboxylic acid groups (broad SMARTS) is 1. The molecule has 1 heterocycles. The lowest BCUT2D eigenvalue weighted by Crippen LogP contribution is -2.15. The number of aryl methyl sites for hydroxylation is 1. The van der Waals surface area contributed by atoms with Crippen LogP contribution in [0, 0.1) is 6.92 Å². The zero-order chi connectivity index (χ0) is 10.9. The van der Waals surface area contributed by atoms with Crippen LogP contribution in [-0.2, 0) is 5.67 Å². The third-order valence-corrected chi connectivity index (χ3v) is 1.91. The van der Waals surface area contributed by atoms with Gasteiger partial charge in [0.1, 0.15) is 5.67 Å². The zero-order valence-corrected chi connectivity index (χ0v) is 8.34. The molecule has 0 amide bonds. The van der Waals surface area contributed by atoms with Crippen LogP contribution in [0.25, 0.3) is 0 Å². The number of carbonyl (C=O) groups is 1. The lowest BCUT2D eigenvalue weighted by Gasteiger charge is -2.14. The Morgan fingerprint density at radius 1 is 1.50 bits per heavy atom. The van der Waals surface area contributed by atoms with Gasteiger partial charge in [0.05, 0.1) is 5.69 Å². The van der Waals surface area contributed by atoms with Crippen LogP contribution in [0.3, 0.4) is 0 Å². The van der Waals surface area contributed by atoms with E-state index in [1.807, 2.05) is 0 Å². The molecule has 0 aromatic carbocycles. The summed E-state index contributed by atoms with van der Waals surface area (Å²) >= 11 is 0. The average Bonchev–Trinajstić information content (AvgIpc) is 2.02. The highest BCUT2D eigenvalue weighted by molar-refractivity contribution is 5.87. The highest BCUT2D eigenvalue weighted by Gasteiger charge is 2.22. The van der Waals surface area contributed by atoms with Gasteiger partial charge in [-0.25, -0.2) is 14.2 Å². The van der Waals surface area contributed by atoms with E-state index in [1.165, 1.54) is 19.9 Å². The smallest absolute Gasteiger partial charge is 0.354 e. The first-order chi connectivity index (χ1) is 6.32. The second-order valence-corrected chi connectivity index (χ2v) is 3.64. The van der Waals surface area contributed by atoms with Gasteiger partial charge in [0.2, 0.25) is 0 Å². The third kappa shape index (κ3) is 2.07. The molecule has 1 aromatic rings. The van der Waals surface area contributed by atoms with Crippen molar-refractivity contribution in [3.8, 4) is 0 Å². The van der Waals surface area contributed by atoms with Crippen molar-refractivity contribution < 1.29 is 14.3 Å². The highest BCUT2D eigenvalue weighted by atomic mass is 19.1. The maximum Gasteiger partial charge on any atom is 0.354 e. The van der Waals surface area contributed by atoms with Crippen LogP contribution in [-0.4, -0.2) is 16.1 Å². The van der Waals surface area contributed by atoms with Gasteiger partial charge in [0.25, 0.3) is 0 Å². The topological polar surface area (TPSA) is 50.2 Å². The predicted octanol–water partition coefficient (Wildman–Crippen LogP) is 2.29. The van der Waals surface area contributed by atoms with E-state index in [9.17, 15) is 9.18 Å². The van der Waals surface area contributed by atoms with Gasteiger partial charge in [0, 0.05) is 0 Å². The summed E-state index contributed by atoms with van der Waals surface area (Å²) in [7, 11) is 0. The van der Waals surface area contributed by atoms with Gasteiger partial charge in [-0.05, 0) is 32.4 Å². The normalized spacial score (nSPS) is 11.4. The number of halogens is 1. The molecule has 0 spiro atoms. The molecule has 0 saturated heterocycles. The van der Waals surface area contributed by atoms with Crippen LogP contribution in [0.1, 0.15) is 35.6 Å². The molecule has 0 radical (unpaired) electrons. The summed E-state index contributed by atoms with van der Waals surface area (Å²) in [4.78, 5) is 14.5. The van der Waals surface area contributed by atoms with Gasteiger partial charge >= 0.3 is 5.97 Å². The summed E-state index contributed by atoms with van der Waals surface area (Å²) < 4.78 is 13.4. The number of rotatable bonds is 2. The van der Waals surface area contributed by atoms with Crippen molar-refractivity contribution >= 4 is 5.97 Å². The van der Waals surface area contributed by atoms with E-state index in [0.29, 0.717) is 5.56 Å². The Labute approximate surface area is 81.6 Å². The summed E-state index contributed by atoms with van der Waals surface area (Å²) in [6, 6.07) is 3.06. The first-order valence-corrected chi connectivity index (χ1v) is 4.22. The van der Waals surface area contributed by atoms with Crippen molar-refractivity contribution in [2.24, 2.45) is 0 Å². The third-order valence-electron chi connectivity index (χ3n) is 1.91. The fourth-order valence-electron chi connectivity index (χ4n) is 1.08. The maximum atomic E-state index is 13.4. The molecule has 0 aliphatic carbocycles. The van der Waals surface area contributed by atoms with Gasteiger partial charge in [-0.3, -0.25) is 0 Å². The first kappa shape index (κ1) is 10.6. The Hall–Kier alpha value is -1.45. The molecule has 1 N–H and O–H groups in total. The van der Waals surface area contributed by atoms with Gasteiger partial charge in [-0.1, -0.05) is 6.07 Å². The van der Waals surface area contributed by atoms with Crippen molar-refractivity contribution in [2.75, 3.05) is 0 Å². The summed E-state index contributed by atoms with van der Waals surface area (Å²) in [5.74, 6) is -1.13. The molecule has 3 nitrogen and oxygen atoms in total. The molecule has 1 aromatic heterocycles. The first-order valence-electron chi connectivity index (χ1n) is 4.22. The van der Waals surface area contributed by atoms with E-state index in [4.69, 9.17) is 5.11 Å². The van der Waals surface area contributed by atoms with Crippen molar-refractivity contribution in [3.63, 3.8) is 0 Å². The van der Waals surface area contributed by atoms with E-state index in [-0.39, 0.29) is 11.4 Å². The van der Waals surface area contributed by atoms with Crippen LogP contribution in [0.4, 0.5) is 4.39 Å². The monoisotopic (exact) mass is 197 g/mol. The number of aromatic nitrogens is 1. The zero-order valence-electron chi connectivity index (χ0n) is 8.34. The lowest BCUT2D eigenvalue weighted by molar-refractivity contribution is 0.0688. The molecule has 0 atom stereocenters. The Morgan fingerprint density at radius 2 is 2.07 bits per heavy atom. The molecule has 14 heavy (non-hydrogen) atoms. The fourth-order valence-corrected chi connectivity index (χ4v) is 1.08. The Balaban J connectivity index is 3.27. The second kappa shape index (κ2) is 3.36. The highest BCUT2D eigenvalue weighted by Crippen LogP contribution is 2.23. The van der Waals surface area contributed by atoms with Gasteiger partial charge in [0.15, 0.2) is 5.69 Å². The predicted molar refractivity (Wildman–Crippen MR) is 50.1 cm³/mol. The number of alkyl halides is 1. The van der Waals surface area contributed by atoms with E-state index >= 15 is 0 Å². The van der Waals surface area contributed by atoms with Gasteiger partial charge < -0.3 is 5.11 Å². The molecule has 1 rings (SSSR count). The van der Waals surface area contributed by atoms with E-state index in [0.717, 1.165) is 0 Å². The van der Waals surface area contributed by atoms with Crippen molar-refractivity contribution in [2.45, 2.75) is 26.4 Å². The molecule has 0 saturated carbocycles. The van der Waals surface area contributed by atoms with Crippen LogP contribution in [0.15, 0.2) is 12.1 Å². The number of nitrogens with zero attached hydrogens (tertiary/aromatic N) is 1. The Morgan fingerprint density at radius 3 is 2.50 bits per heavy atom. The average molecular weight is 197 g/mol. The lowest BCUT2D eigenvalue weighted by atomic mass is 10.0. The van der Waals surface area contributed by atoms with Gasteiger partial charge in [-0.15, -0.1) is 0 Å². The molecule has 0 bridgehead atoms. The molecule has 0 unspecified atom stereocenters. The minimum absolute atomic E-state index is 0.0896. The summed E-state index contributed by atoms with van der Waals surface area (Å²) in [6.45, 7) is 4.32. The molecule has 76 valence electrons. The number of pyridine rings is 1. The summed E-state index contributed by atoms with van der Waals surface area (Å²) in [5.41, 5.74) is -1.03. The van der Waals surface area contributed by atoms with E-state index in [2.05, 4.69) is 4.98 Å². The number of hydrogen-bond donors (Lipinski definition) is 1. The van der Waals surface area contributed by atoms with E-state index < -0.39 is 11.6 Å². The van der Waals surface area contributed by atoms with Crippen LogP contribution < -0.4 is 0 Å². The van der Waals surface area contributed by atoms with Crippen molar-refractivity contribution in [3.05, 3.63) is 29.1 Å². The molecule has 0 aliphatic heterocycles. The minimum atomic E-state index is -1.61.